The molecule has 0 aromatic heterocycles. The van der Waals surface area contributed by atoms with Crippen molar-refractivity contribution in [2.45, 2.75) is 52.4 Å². The smallest absolute Gasteiger partial charge is 0.0354 e. The molecule has 0 radical (unpaired) electrons. The molecule has 4 unspecified atom stereocenters. The normalized spacial score (nSPS) is 46.5. The quantitative estimate of drug-likeness (QED) is 0.597. The second kappa shape index (κ2) is 3.40. The van der Waals surface area contributed by atoms with E-state index in [-0.39, 0.29) is 0 Å². The lowest BCUT2D eigenvalue weighted by Gasteiger charge is -2.07. The lowest BCUT2D eigenvalue weighted by atomic mass is 9.98. The molecular weight excluding hydrogens is 144 g/mol. The summed E-state index contributed by atoms with van der Waals surface area (Å²) < 4.78 is 0. The van der Waals surface area contributed by atoms with Gasteiger partial charge in [-0.15, -0.1) is 0 Å². The van der Waals surface area contributed by atoms with Crippen LogP contribution in [0.25, 0.3) is 0 Å². The van der Waals surface area contributed by atoms with Crippen molar-refractivity contribution in [3.8, 4) is 0 Å². The van der Waals surface area contributed by atoms with E-state index in [2.05, 4.69) is 13.8 Å². The standard InChI is InChI=1S/C12H22/c1-3-4-10-8-12(10)11-6-5-9(2)7-11/h9-12H,3-8H2,1-2H3. The van der Waals surface area contributed by atoms with Crippen molar-refractivity contribution in [3.63, 3.8) is 0 Å². The van der Waals surface area contributed by atoms with Crippen LogP contribution in [0, 0.1) is 23.7 Å². The topological polar surface area (TPSA) is 0 Å². The molecule has 0 heterocycles. The van der Waals surface area contributed by atoms with Gasteiger partial charge in [0.15, 0.2) is 0 Å². The zero-order valence-corrected chi connectivity index (χ0v) is 8.55. The highest BCUT2D eigenvalue weighted by atomic mass is 14.5. The Balaban J connectivity index is 1.74. The summed E-state index contributed by atoms with van der Waals surface area (Å²) in [6.07, 6.45) is 9.10. The molecule has 2 aliphatic carbocycles. The summed E-state index contributed by atoms with van der Waals surface area (Å²) >= 11 is 0. The van der Waals surface area contributed by atoms with E-state index in [1.165, 1.54) is 19.3 Å². The molecule has 0 amide bonds. The predicted molar refractivity (Wildman–Crippen MR) is 53.0 cm³/mol. The van der Waals surface area contributed by atoms with Gasteiger partial charge in [-0.1, -0.05) is 33.1 Å². The average Bonchev–Trinajstić information content (AvgIpc) is 2.67. The van der Waals surface area contributed by atoms with Gasteiger partial charge in [0.05, 0.1) is 0 Å². The highest BCUT2D eigenvalue weighted by Gasteiger charge is 2.43. The van der Waals surface area contributed by atoms with E-state index in [0.29, 0.717) is 0 Å². The van der Waals surface area contributed by atoms with Crippen molar-refractivity contribution in [3.05, 3.63) is 0 Å². The Kier molecular flexibility index (Phi) is 2.43. The van der Waals surface area contributed by atoms with Gasteiger partial charge in [-0.05, 0) is 42.9 Å². The molecule has 0 aromatic rings. The molecule has 0 nitrogen and oxygen atoms in total. The van der Waals surface area contributed by atoms with E-state index in [9.17, 15) is 0 Å². The predicted octanol–water partition coefficient (Wildman–Crippen LogP) is 3.86. The summed E-state index contributed by atoms with van der Waals surface area (Å²) in [4.78, 5) is 0. The molecule has 0 aliphatic heterocycles. The van der Waals surface area contributed by atoms with Crippen LogP contribution in [0.1, 0.15) is 52.4 Å². The zero-order valence-electron chi connectivity index (χ0n) is 8.55. The molecule has 4 atom stereocenters. The van der Waals surface area contributed by atoms with Gasteiger partial charge in [0.2, 0.25) is 0 Å². The first-order valence-electron chi connectivity index (χ1n) is 5.81. The summed E-state index contributed by atoms with van der Waals surface area (Å²) in [5.74, 6) is 4.48. The Morgan fingerprint density at radius 3 is 2.58 bits per heavy atom. The maximum atomic E-state index is 2.43. The molecule has 2 rings (SSSR count). The van der Waals surface area contributed by atoms with Crippen molar-refractivity contribution < 1.29 is 0 Å². The summed E-state index contributed by atoms with van der Waals surface area (Å²) in [5.41, 5.74) is 0. The van der Waals surface area contributed by atoms with E-state index in [0.717, 1.165) is 23.7 Å². The monoisotopic (exact) mass is 166 g/mol. The summed E-state index contributed by atoms with van der Waals surface area (Å²) in [6.45, 7) is 4.75. The van der Waals surface area contributed by atoms with Gasteiger partial charge in [0, 0.05) is 0 Å². The Bertz CT molecular complexity index is 150. The van der Waals surface area contributed by atoms with Crippen LogP contribution < -0.4 is 0 Å². The van der Waals surface area contributed by atoms with E-state index >= 15 is 0 Å². The van der Waals surface area contributed by atoms with E-state index < -0.39 is 0 Å². The van der Waals surface area contributed by atoms with Crippen LogP contribution in [0.15, 0.2) is 0 Å². The molecule has 2 aliphatic rings. The van der Waals surface area contributed by atoms with Gasteiger partial charge in [-0.25, -0.2) is 0 Å². The van der Waals surface area contributed by atoms with E-state index in [1.54, 1.807) is 19.3 Å². The first kappa shape index (κ1) is 8.59. The van der Waals surface area contributed by atoms with Crippen LogP contribution in [-0.4, -0.2) is 0 Å². The van der Waals surface area contributed by atoms with Gasteiger partial charge in [-0.3, -0.25) is 0 Å². The van der Waals surface area contributed by atoms with Gasteiger partial charge in [0.1, 0.15) is 0 Å². The van der Waals surface area contributed by atoms with Crippen molar-refractivity contribution >= 4 is 0 Å². The number of rotatable bonds is 3. The fourth-order valence-corrected chi connectivity index (χ4v) is 3.19. The van der Waals surface area contributed by atoms with Crippen LogP contribution in [-0.2, 0) is 0 Å². The van der Waals surface area contributed by atoms with E-state index in [4.69, 9.17) is 0 Å². The van der Waals surface area contributed by atoms with Crippen molar-refractivity contribution in [2.75, 3.05) is 0 Å². The molecule has 0 saturated heterocycles. The largest absolute Gasteiger partial charge is 0.0654 e. The Hall–Kier alpha value is 0. The third-order valence-electron chi connectivity index (χ3n) is 3.98. The lowest BCUT2D eigenvalue weighted by Crippen LogP contribution is -1.99. The van der Waals surface area contributed by atoms with Crippen LogP contribution in [0.4, 0.5) is 0 Å². The summed E-state index contributed by atoms with van der Waals surface area (Å²) in [5, 5.41) is 0. The van der Waals surface area contributed by atoms with Gasteiger partial charge >= 0.3 is 0 Å². The maximum Gasteiger partial charge on any atom is -0.0354 e. The highest BCUT2D eigenvalue weighted by molar-refractivity contribution is 4.93. The van der Waals surface area contributed by atoms with E-state index in [1.807, 2.05) is 0 Å². The molecule has 0 aromatic carbocycles. The fraction of sp³-hybridized carbons (Fsp3) is 1.00. The van der Waals surface area contributed by atoms with Crippen molar-refractivity contribution in [2.24, 2.45) is 23.7 Å². The molecule has 12 heavy (non-hydrogen) atoms. The molecule has 2 fully saturated rings. The first-order valence-corrected chi connectivity index (χ1v) is 5.81. The number of hydrogen-bond acceptors (Lipinski definition) is 0. The molecule has 0 N–H and O–H groups in total. The Labute approximate surface area is 76.7 Å². The summed E-state index contributed by atoms with van der Waals surface area (Å²) in [7, 11) is 0. The second-order valence-electron chi connectivity index (χ2n) is 5.13. The Morgan fingerprint density at radius 2 is 2.00 bits per heavy atom. The fourth-order valence-electron chi connectivity index (χ4n) is 3.19. The molecule has 2 saturated carbocycles. The third kappa shape index (κ3) is 1.67. The van der Waals surface area contributed by atoms with Crippen LogP contribution in [0.3, 0.4) is 0 Å². The zero-order chi connectivity index (χ0) is 8.55. The highest BCUT2D eigenvalue weighted by Crippen LogP contribution is 2.53. The summed E-state index contributed by atoms with van der Waals surface area (Å²) in [6, 6.07) is 0. The number of hydrogen-bond donors (Lipinski definition) is 0. The van der Waals surface area contributed by atoms with Gasteiger partial charge < -0.3 is 0 Å². The molecule has 0 bridgehead atoms. The molecule has 0 heteroatoms. The van der Waals surface area contributed by atoms with Crippen molar-refractivity contribution in [1.82, 2.24) is 0 Å². The van der Waals surface area contributed by atoms with Crippen molar-refractivity contribution in [1.29, 1.82) is 0 Å². The van der Waals surface area contributed by atoms with Gasteiger partial charge in [-0.2, -0.15) is 0 Å². The molecule has 70 valence electrons. The molecular formula is C12H22. The second-order valence-corrected chi connectivity index (χ2v) is 5.13. The minimum absolute atomic E-state index is 1.04. The average molecular weight is 166 g/mol. The van der Waals surface area contributed by atoms with Crippen LogP contribution in [0.2, 0.25) is 0 Å². The van der Waals surface area contributed by atoms with Crippen LogP contribution in [0.5, 0.6) is 0 Å². The third-order valence-corrected chi connectivity index (χ3v) is 3.98. The minimum Gasteiger partial charge on any atom is -0.0654 e. The lowest BCUT2D eigenvalue weighted by molar-refractivity contribution is 0.424. The molecule has 0 spiro atoms. The van der Waals surface area contributed by atoms with Gasteiger partial charge in [0.25, 0.3) is 0 Å². The maximum absolute atomic E-state index is 2.43. The van der Waals surface area contributed by atoms with Crippen LogP contribution >= 0.6 is 0 Å². The SMILES string of the molecule is CCCC1CC1C1CCC(C)C1. The minimum atomic E-state index is 1.04. The first-order chi connectivity index (χ1) is 5.81. The Morgan fingerprint density at radius 1 is 1.17 bits per heavy atom.